The topological polar surface area (TPSA) is 145 Å². The Morgan fingerprint density at radius 2 is 1.88 bits per heavy atom. The van der Waals surface area contributed by atoms with Crippen LogP contribution in [0.2, 0.25) is 0 Å². The molecule has 2 N–H and O–H groups in total. The summed E-state index contributed by atoms with van der Waals surface area (Å²) >= 11 is 0. The molecule has 12 nitrogen and oxygen atoms in total. The van der Waals surface area contributed by atoms with Gasteiger partial charge in [-0.05, 0) is 46.1 Å². The van der Waals surface area contributed by atoms with Crippen LogP contribution >= 0.6 is 0 Å². The quantitative estimate of drug-likeness (QED) is 0.164. The molecule has 4 fully saturated rings. The van der Waals surface area contributed by atoms with Crippen LogP contribution in [-0.2, 0) is 38.0 Å². The number of nitrogens with zero attached hydrogens (tertiary/aromatic N) is 1. The number of aliphatic hydroxyl groups excluding tert-OH is 1. The first kappa shape index (κ1) is 33.1. The lowest BCUT2D eigenvalue weighted by Crippen LogP contribution is -2.50. The molecule has 1 spiro atoms. The zero-order valence-corrected chi connectivity index (χ0v) is 25.6. The minimum absolute atomic E-state index is 0.0192. The molecule has 2 amide bonds. The lowest BCUT2D eigenvalue weighted by atomic mass is 9.87. The second kappa shape index (κ2) is 15.3. The van der Waals surface area contributed by atoms with Gasteiger partial charge in [0, 0.05) is 25.6 Å². The van der Waals surface area contributed by atoms with Crippen molar-refractivity contribution in [2.75, 3.05) is 40.0 Å². The van der Waals surface area contributed by atoms with Crippen molar-refractivity contribution in [3.8, 4) is 0 Å². The predicted octanol–water partition coefficient (Wildman–Crippen LogP) is 2.20. The summed E-state index contributed by atoms with van der Waals surface area (Å²) in [6.45, 7) is 8.08. The SMILES string of the molecule is COC(=O)C[C@@H]1C[C@@]2(CO2)[C@H](O)C(/C=C/C(C)=C/C[C@H]2CC[C@@H](NC(=O)/C=C\[C@H](C)OC(=O)N3CCOCC3)[C@@H](C)O2)O1. The van der Waals surface area contributed by atoms with E-state index in [1.807, 2.05) is 26.0 Å². The third kappa shape index (κ3) is 9.61. The fourth-order valence-electron chi connectivity index (χ4n) is 5.61. The van der Waals surface area contributed by atoms with Gasteiger partial charge in [-0.2, -0.15) is 0 Å². The minimum Gasteiger partial charge on any atom is -0.469 e. The molecule has 4 heterocycles. The van der Waals surface area contributed by atoms with E-state index in [0.717, 1.165) is 18.4 Å². The number of morpholine rings is 1. The zero-order chi connectivity index (χ0) is 31.0. The van der Waals surface area contributed by atoms with Crippen molar-refractivity contribution < 1.29 is 47.9 Å². The van der Waals surface area contributed by atoms with Crippen LogP contribution in [0.4, 0.5) is 4.79 Å². The summed E-state index contributed by atoms with van der Waals surface area (Å²) in [5, 5.41) is 13.8. The van der Waals surface area contributed by atoms with Gasteiger partial charge < -0.3 is 43.7 Å². The smallest absolute Gasteiger partial charge is 0.410 e. The van der Waals surface area contributed by atoms with Crippen molar-refractivity contribution in [3.05, 3.63) is 36.0 Å². The molecule has 0 radical (unpaired) electrons. The molecular formula is C31H46N2O10. The van der Waals surface area contributed by atoms with Crippen molar-refractivity contribution in [2.45, 2.75) is 101 Å². The van der Waals surface area contributed by atoms with Crippen molar-refractivity contribution >= 4 is 18.0 Å². The largest absolute Gasteiger partial charge is 0.469 e. The fourth-order valence-corrected chi connectivity index (χ4v) is 5.61. The second-order valence-electron chi connectivity index (χ2n) is 11.8. The molecule has 0 saturated carbocycles. The molecular weight excluding hydrogens is 560 g/mol. The minimum atomic E-state index is -0.803. The summed E-state index contributed by atoms with van der Waals surface area (Å²) < 4.78 is 33.1. The summed E-state index contributed by atoms with van der Waals surface area (Å²) in [4.78, 5) is 38.0. The summed E-state index contributed by atoms with van der Waals surface area (Å²) in [5.74, 6) is -0.610. The number of aliphatic hydroxyl groups is 1. The van der Waals surface area contributed by atoms with Crippen LogP contribution in [0.15, 0.2) is 36.0 Å². The first-order chi connectivity index (χ1) is 20.6. The molecule has 8 atom stereocenters. The average Bonchev–Trinajstić information content (AvgIpc) is 3.77. The highest BCUT2D eigenvalue weighted by atomic mass is 16.6. The van der Waals surface area contributed by atoms with Gasteiger partial charge in [-0.3, -0.25) is 9.59 Å². The molecule has 0 aromatic rings. The molecule has 1 unspecified atom stereocenters. The van der Waals surface area contributed by atoms with Crippen molar-refractivity contribution in [2.24, 2.45) is 0 Å². The maximum absolute atomic E-state index is 12.5. The van der Waals surface area contributed by atoms with Gasteiger partial charge in [0.15, 0.2) is 0 Å². The van der Waals surface area contributed by atoms with Crippen LogP contribution in [0.3, 0.4) is 0 Å². The normalized spacial score (nSPS) is 33.9. The summed E-state index contributed by atoms with van der Waals surface area (Å²) in [6.07, 6.45) is 8.78. The van der Waals surface area contributed by atoms with Crippen molar-refractivity contribution in [1.82, 2.24) is 10.2 Å². The van der Waals surface area contributed by atoms with Gasteiger partial charge in [-0.25, -0.2) is 4.79 Å². The maximum Gasteiger partial charge on any atom is 0.410 e. The number of methoxy groups -OCH3 is 1. The van der Waals surface area contributed by atoms with Crippen molar-refractivity contribution in [1.29, 1.82) is 0 Å². The Morgan fingerprint density at radius 3 is 2.56 bits per heavy atom. The number of allylic oxidation sites excluding steroid dienone is 2. The van der Waals surface area contributed by atoms with Gasteiger partial charge in [-0.1, -0.05) is 23.8 Å². The van der Waals surface area contributed by atoms with Crippen LogP contribution in [-0.4, -0.2) is 116 Å². The molecule has 4 rings (SSSR count). The number of ether oxygens (including phenoxy) is 6. The number of hydrogen-bond acceptors (Lipinski definition) is 10. The lowest BCUT2D eigenvalue weighted by Gasteiger charge is -2.36. The monoisotopic (exact) mass is 606 g/mol. The van der Waals surface area contributed by atoms with Gasteiger partial charge in [-0.15, -0.1) is 0 Å². The summed E-state index contributed by atoms with van der Waals surface area (Å²) in [7, 11) is 1.34. The van der Waals surface area contributed by atoms with E-state index in [1.54, 1.807) is 17.9 Å². The molecule has 0 aromatic carbocycles. The second-order valence-corrected chi connectivity index (χ2v) is 11.8. The van der Waals surface area contributed by atoms with Gasteiger partial charge in [0.05, 0.1) is 57.7 Å². The Bertz CT molecular complexity index is 1060. The van der Waals surface area contributed by atoms with E-state index in [2.05, 4.69) is 11.4 Å². The van der Waals surface area contributed by atoms with Crippen LogP contribution < -0.4 is 5.32 Å². The van der Waals surface area contributed by atoms with Crippen molar-refractivity contribution in [3.63, 3.8) is 0 Å². The van der Waals surface area contributed by atoms with E-state index in [-0.39, 0.29) is 42.7 Å². The predicted molar refractivity (Wildman–Crippen MR) is 155 cm³/mol. The summed E-state index contributed by atoms with van der Waals surface area (Å²) in [6, 6.07) is -0.121. The molecule has 0 aliphatic carbocycles. The number of esters is 1. The van der Waals surface area contributed by atoms with E-state index in [9.17, 15) is 19.5 Å². The average molecular weight is 607 g/mol. The lowest BCUT2D eigenvalue weighted by molar-refractivity contribution is -0.157. The Labute approximate surface area is 253 Å². The van der Waals surface area contributed by atoms with Gasteiger partial charge in [0.25, 0.3) is 0 Å². The highest BCUT2D eigenvalue weighted by Crippen LogP contribution is 2.43. The number of carbonyl (C=O) groups excluding carboxylic acids is 3. The zero-order valence-electron chi connectivity index (χ0n) is 25.6. The number of epoxide rings is 1. The van der Waals surface area contributed by atoms with Crippen LogP contribution in [0.5, 0.6) is 0 Å². The number of amides is 2. The molecule has 4 aliphatic rings. The third-order valence-corrected chi connectivity index (χ3v) is 8.34. The van der Waals surface area contributed by atoms with Gasteiger partial charge in [0.2, 0.25) is 5.91 Å². The molecule has 0 aromatic heterocycles. The van der Waals surface area contributed by atoms with E-state index < -0.39 is 30.0 Å². The van der Waals surface area contributed by atoms with Crippen LogP contribution in [0.1, 0.15) is 52.9 Å². The molecule has 43 heavy (non-hydrogen) atoms. The molecule has 12 heteroatoms. The first-order valence-corrected chi connectivity index (χ1v) is 15.2. The Hall–Kier alpha value is -2.77. The van der Waals surface area contributed by atoms with E-state index in [4.69, 9.17) is 28.4 Å². The van der Waals surface area contributed by atoms with E-state index >= 15 is 0 Å². The van der Waals surface area contributed by atoms with E-state index in [1.165, 1.54) is 13.2 Å². The number of rotatable bonds is 10. The van der Waals surface area contributed by atoms with Crippen LogP contribution in [0.25, 0.3) is 0 Å². The number of carbonyl (C=O) groups is 3. The van der Waals surface area contributed by atoms with Gasteiger partial charge >= 0.3 is 12.1 Å². The summed E-state index contributed by atoms with van der Waals surface area (Å²) in [5.41, 5.74) is 0.350. The number of hydrogen-bond donors (Lipinski definition) is 2. The fraction of sp³-hybridized carbons (Fsp3) is 0.710. The Balaban J connectivity index is 1.18. The standard InChI is InChI=1S/C31H46N2O10/c1-20(6-11-26-29(36)31(19-40-31)18-24(43-26)17-28(35)38-4)5-8-23-9-10-25(22(3)42-23)32-27(34)12-7-21(2)41-30(37)33-13-15-39-16-14-33/h5-7,11-12,21-26,29,36H,8-10,13-19H2,1-4H3,(H,32,34)/b11-6+,12-7-,20-5+/t21-,22+,23-,24+,25+,26?,29+,31+/m0/s1. The molecule has 0 bridgehead atoms. The maximum atomic E-state index is 12.5. The highest BCUT2D eigenvalue weighted by molar-refractivity contribution is 5.87. The Kier molecular flexibility index (Phi) is 11.8. The Morgan fingerprint density at radius 1 is 1.14 bits per heavy atom. The molecule has 4 saturated heterocycles. The van der Waals surface area contributed by atoms with Crippen LogP contribution in [0, 0.1) is 0 Å². The first-order valence-electron chi connectivity index (χ1n) is 15.2. The molecule has 240 valence electrons. The van der Waals surface area contributed by atoms with Gasteiger partial charge in [0.1, 0.15) is 23.9 Å². The third-order valence-electron chi connectivity index (χ3n) is 8.34. The molecule has 4 aliphatic heterocycles. The number of nitrogens with one attached hydrogen (secondary N) is 1. The van der Waals surface area contributed by atoms with E-state index in [0.29, 0.717) is 45.8 Å². The highest BCUT2D eigenvalue weighted by Gasteiger charge is 2.58.